The Morgan fingerprint density at radius 1 is 1.33 bits per heavy atom. The van der Waals surface area contributed by atoms with Gasteiger partial charge in [0.1, 0.15) is 29.0 Å². The SMILES string of the molecule is N#Cc1c(F)cccc1Oc1cc2c(cn1)N=CN1CCCN=C21. The molecule has 2 aromatic rings. The molecule has 24 heavy (non-hydrogen) atoms. The van der Waals surface area contributed by atoms with Gasteiger partial charge in [0.15, 0.2) is 0 Å². The van der Waals surface area contributed by atoms with Crippen LogP contribution < -0.4 is 4.74 Å². The van der Waals surface area contributed by atoms with Gasteiger partial charge in [0, 0.05) is 24.7 Å². The summed E-state index contributed by atoms with van der Waals surface area (Å²) in [5.74, 6) is 0.603. The van der Waals surface area contributed by atoms with Crippen molar-refractivity contribution in [2.45, 2.75) is 6.42 Å². The maximum atomic E-state index is 13.7. The first kappa shape index (κ1) is 14.3. The third kappa shape index (κ3) is 2.38. The van der Waals surface area contributed by atoms with Crippen LogP contribution in [0.25, 0.3) is 0 Å². The molecule has 0 amide bonds. The van der Waals surface area contributed by atoms with E-state index < -0.39 is 5.82 Å². The van der Waals surface area contributed by atoms with Crippen LogP contribution in [0.5, 0.6) is 11.6 Å². The van der Waals surface area contributed by atoms with Gasteiger partial charge in [-0.3, -0.25) is 4.99 Å². The van der Waals surface area contributed by atoms with E-state index in [0.29, 0.717) is 5.69 Å². The van der Waals surface area contributed by atoms with Crippen LogP contribution in [0.2, 0.25) is 0 Å². The van der Waals surface area contributed by atoms with E-state index in [1.165, 1.54) is 18.2 Å². The van der Waals surface area contributed by atoms with Gasteiger partial charge in [-0.2, -0.15) is 5.26 Å². The molecule has 0 N–H and O–H groups in total. The molecule has 7 heteroatoms. The predicted molar refractivity (Wildman–Crippen MR) is 86.3 cm³/mol. The number of pyridine rings is 1. The van der Waals surface area contributed by atoms with E-state index in [0.717, 1.165) is 30.9 Å². The summed E-state index contributed by atoms with van der Waals surface area (Å²) in [7, 11) is 0. The van der Waals surface area contributed by atoms with Gasteiger partial charge in [-0.15, -0.1) is 0 Å². The van der Waals surface area contributed by atoms with Gasteiger partial charge >= 0.3 is 0 Å². The Morgan fingerprint density at radius 2 is 2.25 bits per heavy atom. The number of halogens is 1. The number of benzene rings is 1. The highest BCUT2D eigenvalue weighted by Gasteiger charge is 2.23. The smallest absolute Gasteiger partial charge is 0.220 e. The van der Waals surface area contributed by atoms with Crippen LogP contribution in [0, 0.1) is 17.1 Å². The van der Waals surface area contributed by atoms with Gasteiger partial charge < -0.3 is 9.64 Å². The maximum absolute atomic E-state index is 13.7. The van der Waals surface area contributed by atoms with E-state index in [2.05, 4.69) is 15.0 Å². The summed E-state index contributed by atoms with van der Waals surface area (Å²) in [6.07, 6.45) is 4.32. The largest absolute Gasteiger partial charge is 0.438 e. The number of amidine groups is 1. The van der Waals surface area contributed by atoms with Crippen molar-refractivity contribution in [1.82, 2.24) is 9.88 Å². The molecule has 4 rings (SSSR count). The van der Waals surface area contributed by atoms with Crippen molar-refractivity contribution in [1.29, 1.82) is 5.26 Å². The van der Waals surface area contributed by atoms with Crippen molar-refractivity contribution in [2.75, 3.05) is 13.1 Å². The van der Waals surface area contributed by atoms with Crippen LogP contribution in [0.3, 0.4) is 0 Å². The molecule has 2 aliphatic rings. The fourth-order valence-corrected chi connectivity index (χ4v) is 2.68. The molecular formula is C17H12FN5O. The van der Waals surface area contributed by atoms with E-state index in [-0.39, 0.29) is 17.2 Å². The van der Waals surface area contributed by atoms with E-state index in [4.69, 9.17) is 10.00 Å². The highest BCUT2D eigenvalue weighted by molar-refractivity contribution is 6.10. The Bertz CT molecular complexity index is 916. The van der Waals surface area contributed by atoms with E-state index in [1.807, 2.05) is 11.0 Å². The molecule has 118 valence electrons. The molecule has 0 radical (unpaired) electrons. The highest BCUT2D eigenvalue weighted by Crippen LogP contribution is 2.31. The molecular weight excluding hydrogens is 309 g/mol. The molecule has 0 bridgehead atoms. The van der Waals surface area contributed by atoms with Gasteiger partial charge in [0.05, 0.1) is 18.2 Å². The van der Waals surface area contributed by atoms with Crippen molar-refractivity contribution >= 4 is 17.9 Å². The molecule has 1 aromatic heterocycles. The monoisotopic (exact) mass is 321 g/mol. The predicted octanol–water partition coefficient (Wildman–Crippen LogP) is 3.01. The van der Waals surface area contributed by atoms with E-state index >= 15 is 0 Å². The molecule has 3 heterocycles. The lowest BCUT2D eigenvalue weighted by molar-refractivity contribution is 0.455. The van der Waals surface area contributed by atoms with Crippen molar-refractivity contribution in [3.05, 3.63) is 47.4 Å². The third-order valence-electron chi connectivity index (χ3n) is 3.83. The standard InChI is InChI=1S/C17H12FN5O/c18-13-3-1-4-15(12(13)8-19)24-16-7-11-14(9-21-16)22-10-23-6-2-5-20-17(11)23/h1,3-4,7,9-10H,2,5-6H2. The average Bonchev–Trinajstić information content (AvgIpc) is 2.62. The molecule has 2 aliphatic heterocycles. The minimum atomic E-state index is -0.625. The number of rotatable bonds is 2. The number of nitrogens with zero attached hydrogens (tertiary/aromatic N) is 5. The fourth-order valence-electron chi connectivity index (χ4n) is 2.68. The Morgan fingerprint density at radius 3 is 3.12 bits per heavy atom. The van der Waals surface area contributed by atoms with Crippen molar-refractivity contribution in [2.24, 2.45) is 9.98 Å². The highest BCUT2D eigenvalue weighted by atomic mass is 19.1. The van der Waals surface area contributed by atoms with Crippen LogP contribution in [0.15, 0.2) is 40.4 Å². The zero-order valence-corrected chi connectivity index (χ0v) is 12.6. The van der Waals surface area contributed by atoms with Crippen LogP contribution in [0.4, 0.5) is 10.1 Å². The van der Waals surface area contributed by atoms with Gasteiger partial charge in [-0.1, -0.05) is 6.07 Å². The van der Waals surface area contributed by atoms with Crippen LogP contribution >= 0.6 is 0 Å². The van der Waals surface area contributed by atoms with Crippen LogP contribution in [0.1, 0.15) is 17.5 Å². The second kappa shape index (κ2) is 5.74. The number of aliphatic imine (C=N–C) groups is 2. The summed E-state index contributed by atoms with van der Waals surface area (Å²) in [4.78, 5) is 15.1. The van der Waals surface area contributed by atoms with Crippen LogP contribution in [-0.4, -0.2) is 35.1 Å². The summed E-state index contributed by atoms with van der Waals surface area (Å²) < 4.78 is 19.3. The average molecular weight is 321 g/mol. The maximum Gasteiger partial charge on any atom is 0.220 e. The molecule has 6 nitrogen and oxygen atoms in total. The molecule has 0 saturated carbocycles. The van der Waals surface area contributed by atoms with Gasteiger partial charge in [0.2, 0.25) is 5.88 Å². The number of fused-ring (bicyclic) bond motifs is 3. The molecule has 1 aromatic carbocycles. The first-order chi connectivity index (χ1) is 11.8. The Hall–Kier alpha value is -3.27. The number of nitriles is 1. The van der Waals surface area contributed by atoms with Crippen molar-refractivity contribution < 1.29 is 9.13 Å². The molecule has 0 unspecified atom stereocenters. The molecule has 0 atom stereocenters. The molecule has 0 spiro atoms. The van der Waals surface area contributed by atoms with E-state index in [9.17, 15) is 4.39 Å². The summed E-state index contributed by atoms with van der Waals surface area (Å²) in [6, 6.07) is 7.76. The Kier molecular flexibility index (Phi) is 3.43. The van der Waals surface area contributed by atoms with Gasteiger partial charge in [-0.25, -0.2) is 14.4 Å². The lowest BCUT2D eigenvalue weighted by Gasteiger charge is -2.29. The Balaban J connectivity index is 1.73. The number of ether oxygens (including phenoxy) is 1. The minimum absolute atomic E-state index is 0.131. The van der Waals surface area contributed by atoms with E-state index in [1.54, 1.807) is 18.6 Å². The summed E-state index contributed by atoms with van der Waals surface area (Å²) in [5, 5.41) is 9.09. The van der Waals surface area contributed by atoms with Crippen molar-refractivity contribution in [3.63, 3.8) is 0 Å². The number of hydrogen-bond donors (Lipinski definition) is 0. The lowest BCUT2D eigenvalue weighted by atomic mass is 10.1. The minimum Gasteiger partial charge on any atom is -0.438 e. The van der Waals surface area contributed by atoms with Crippen LogP contribution in [-0.2, 0) is 0 Å². The quantitative estimate of drug-likeness (QED) is 0.852. The molecule has 0 aliphatic carbocycles. The topological polar surface area (TPSA) is 73.9 Å². The normalized spacial score (nSPS) is 15.2. The number of hydrogen-bond acceptors (Lipinski definition) is 6. The first-order valence-corrected chi connectivity index (χ1v) is 7.48. The second-order valence-corrected chi connectivity index (χ2v) is 5.36. The van der Waals surface area contributed by atoms with Gasteiger partial charge in [-0.05, 0) is 18.6 Å². The zero-order chi connectivity index (χ0) is 16.5. The lowest BCUT2D eigenvalue weighted by Crippen LogP contribution is -2.37. The molecule has 0 saturated heterocycles. The summed E-state index contributed by atoms with van der Waals surface area (Å²) in [5.41, 5.74) is 1.38. The van der Waals surface area contributed by atoms with Crippen molar-refractivity contribution in [3.8, 4) is 17.7 Å². The fraction of sp³-hybridized carbons (Fsp3) is 0.176. The third-order valence-corrected chi connectivity index (χ3v) is 3.83. The first-order valence-electron chi connectivity index (χ1n) is 7.48. The van der Waals surface area contributed by atoms with Gasteiger partial charge in [0.25, 0.3) is 0 Å². The summed E-state index contributed by atoms with van der Waals surface area (Å²) >= 11 is 0. The second-order valence-electron chi connectivity index (χ2n) is 5.36. The number of aromatic nitrogens is 1. The Labute approximate surface area is 137 Å². The summed E-state index contributed by atoms with van der Waals surface area (Å²) in [6.45, 7) is 1.63. The molecule has 0 fully saturated rings. The zero-order valence-electron chi connectivity index (χ0n) is 12.6.